The minimum Gasteiger partial charge on any atom is -0.290 e. The van der Waals surface area contributed by atoms with Gasteiger partial charge in [0, 0.05) is 31.4 Å². The zero-order valence-corrected chi connectivity index (χ0v) is 10.2. The van der Waals surface area contributed by atoms with Crippen molar-refractivity contribution >= 4 is 11.6 Å². The van der Waals surface area contributed by atoms with Crippen LogP contribution in [0.2, 0.25) is 5.15 Å². The summed E-state index contributed by atoms with van der Waals surface area (Å²) >= 11 is 6.10. The Bertz CT molecular complexity index is 525. The van der Waals surface area contributed by atoms with Crippen molar-refractivity contribution in [3.8, 4) is 0 Å². The highest BCUT2D eigenvalue weighted by Gasteiger charge is 2.21. The predicted molar refractivity (Wildman–Crippen MR) is 68.6 cm³/mol. The van der Waals surface area contributed by atoms with Crippen molar-refractivity contribution in [1.82, 2.24) is 9.88 Å². The number of pyridine rings is 1. The molecule has 1 aromatic carbocycles. The Balaban J connectivity index is 1.77. The summed E-state index contributed by atoms with van der Waals surface area (Å²) in [6, 6.07) is 12.6. The average molecular weight is 245 g/mol. The minimum absolute atomic E-state index is 0.651. The van der Waals surface area contributed by atoms with Crippen LogP contribution in [0.1, 0.15) is 16.7 Å². The van der Waals surface area contributed by atoms with Gasteiger partial charge >= 0.3 is 0 Å². The number of benzene rings is 1. The summed E-state index contributed by atoms with van der Waals surface area (Å²) in [6.45, 7) is 2.83. The first-order valence-corrected chi connectivity index (χ1v) is 6.09. The van der Waals surface area contributed by atoms with E-state index in [0.29, 0.717) is 5.15 Å². The van der Waals surface area contributed by atoms with Gasteiger partial charge in [-0.15, -0.1) is 0 Å². The van der Waals surface area contributed by atoms with E-state index >= 15 is 0 Å². The molecule has 2 heterocycles. The maximum atomic E-state index is 6.10. The number of halogens is 1. The predicted octanol–water partition coefficient (Wildman–Crippen LogP) is 3.25. The van der Waals surface area contributed by atoms with Crippen LogP contribution >= 0.6 is 11.6 Å². The Morgan fingerprint density at radius 1 is 1.12 bits per heavy atom. The van der Waals surface area contributed by atoms with Crippen LogP contribution in [0.5, 0.6) is 0 Å². The van der Waals surface area contributed by atoms with Crippen LogP contribution < -0.4 is 0 Å². The summed E-state index contributed by atoms with van der Waals surface area (Å²) < 4.78 is 0. The molecule has 0 unspecified atom stereocenters. The molecular weight excluding hydrogens is 232 g/mol. The Morgan fingerprint density at radius 2 is 1.94 bits per heavy atom. The molecule has 2 nitrogen and oxygen atoms in total. The second kappa shape index (κ2) is 4.47. The van der Waals surface area contributed by atoms with Crippen LogP contribution in [-0.4, -0.2) is 9.88 Å². The Labute approximate surface area is 106 Å². The molecule has 0 amide bonds. The molecule has 0 N–H and O–H groups in total. The van der Waals surface area contributed by atoms with Crippen molar-refractivity contribution in [3.05, 3.63) is 64.4 Å². The summed E-state index contributed by atoms with van der Waals surface area (Å²) in [5, 5.41) is 0.651. The Morgan fingerprint density at radius 3 is 2.71 bits per heavy atom. The maximum absolute atomic E-state index is 6.10. The van der Waals surface area contributed by atoms with E-state index in [1.807, 2.05) is 6.07 Å². The van der Waals surface area contributed by atoms with Crippen LogP contribution in [0.4, 0.5) is 0 Å². The summed E-state index contributed by atoms with van der Waals surface area (Å²) in [5.74, 6) is 0. The maximum Gasteiger partial charge on any atom is 0.133 e. The smallest absolute Gasteiger partial charge is 0.133 e. The van der Waals surface area contributed by atoms with Gasteiger partial charge in [0.25, 0.3) is 0 Å². The molecule has 0 aliphatic carbocycles. The molecule has 0 radical (unpaired) electrons. The fourth-order valence-corrected chi connectivity index (χ4v) is 2.53. The van der Waals surface area contributed by atoms with Gasteiger partial charge in [0.2, 0.25) is 0 Å². The largest absolute Gasteiger partial charge is 0.290 e. The standard InChI is InChI=1S/C14H13ClN2/c15-14-13-10-17(9-12(13)6-7-16-14)8-11-4-2-1-3-5-11/h1-7H,8-10H2. The third-order valence-electron chi connectivity index (χ3n) is 3.12. The van der Waals surface area contributed by atoms with E-state index in [-0.39, 0.29) is 0 Å². The van der Waals surface area contributed by atoms with Gasteiger partial charge in [-0.3, -0.25) is 4.90 Å². The molecule has 1 aromatic heterocycles. The zero-order valence-electron chi connectivity index (χ0n) is 9.44. The van der Waals surface area contributed by atoms with Crippen molar-refractivity contribution in [2.75, 3.05) is 0 Å². The molecule has 1 aliphatic rings. The molecule has 0 fully saturated rings. The van der Waals surface area contributed by atoms with E-state index in [1.165, 1.54) is 16.7 Å². The van der Waals surface area contributed by atoms with Gasteiger partial charge in [-0.1, -0.05) is 41.9 Å². The Kier molecular flexibility index (Phi) is 2.83. The van der Waals surface area contributed by atoms with Gasteiger partial charge in [0.1, 0.15) is 5.15 Å². The molecule has 86 valence electrons. The minimum atomic E-state index is 0.651. The third kappa shape index (κ3) is 2.19. The van der Waals surface area contributed by atoms with Gasteiger partial charge in [-0.2, -0.15) is 0 Å². The lowest BCUT2D eigenvalue weighted by Gasteiger charge is -2.14. The molecule has 3 heteroatoms. The monoisotopic (exact) mass is 244 g/mol. The highest BCUT2D eigenvalue weighted by molar-refractivity contribution is 6.30. The molecule has 17 heavy (non-hydrogen) atoms. The second-order valence-corrected chi connectivity index (χ2v) is 4.73. The highest BCUT2D eigenvalue weighted by atomic mass is 35.5. The van der Waals surface area contributed by atoms with Gasteiger partial charge in [-0.05, 0) is 17.2 Å². The van der Waals surface area contributed by atoms with Crippen molar-refractivity contribution in [2.24, 2.45) is 0 Å². The van der Waals surface area contributed by atoms with Crippen molar-refractivity contribution in [3.63, 3.8) is 0 Å². The molecule has 0 saturated carbocycles. The van der Waals surface area contributed by atoms with Crippen molar-refractivity contribution in [2.45, 2.75) is 19.6 Å². The third-order valence-corrected chi connectivity index (χ3v) is 3.45. The number of fused-ring (bicyclic) bond motifs is 1. The van der Waals surface area contributed by atoms with Gasteiger partial charge in [0.05, 0.1) is 0 Å². The fourth-order valence-electron chi connectivity index (χ4n) is 2.29. The first kappa shape index (κ1) is 10.8. The van der Waals surface area contributed by atoms with E-state index in [2.05, 4.69) is 40.2 Å². The van der Waals surface area contributed by atoms with Crippen LogP contribution in [0, 0.1) is 0 Å². The molecule has 1 aliphatic heterocycles. The molecular formula is C14H13ClN2. The quantitative estimate of drug-likeness (QED) is 0.754. The van der Waals surface area contributed by atoms with Gasteiger partial charge in [-0.25, -0.2) is 4.98 Å². The van der Waals surface area contributed by atoms with E-state index in [0.717, 1.165) is 19.6 Å². The van der Waals surface area contributed by atoms with Crippen LogP contribution in [0.15, 0.2) is 42.6 Å². The second-order valence-electron chi connectivity index (χ2n) is 4.37. The lowest BCUT2D eigenvalue weighted by atomic mass is 10.2. The molecule has 0 saturated heterocycles. The van der Waals surface area contributed by atoms with Crippen LogP contribution in [0.3, 0.4) is 0 Å². The average Bonchev–Trinajstić information content (AvgIpc) is 2.74. The normalized spacial score (nSPS) is 14.9. The first-order valence-electron chi connectivity index (χ1n) is 5.71. The molecule has 3 rings (SSSR count). The van der Waals surface area contributed by atoms with Gasteiger partial charge < -0.3 is 0 Å². The number of hydrogen-bond donors (Lipinski definition) is 0. The number of hydrogen-bond acceptors (Lipinski definition) is 2. The number of rotatable bonds is 2. The molecule has 2 aromatic rings. The molecule has 0 spiro atoms. The summed E-state index contributed by atoms with van der Waals surface area (Å²) in [4.78, 5) is 6.51. The lowest BCUT2D eigenvalue weighted by molar-refractivity contribution is 0.275. The summed E-state index contributed by atoms with van der Waals surface area (Å²) in [6.07, 6.45) is 1.78. The van der Waals surface area contributed by atoms with Crippen molar-refractivity contribution < 1.29 is 0 Å². The molecule has 0 bridgehead atoms. The summed E-state index contributed by atoms with van der Waals surface area (Å²) in [7, 11) is 0. The van der Waals surface area contributed by atoms with E-state index in [4.69, 9.17) is 11.6 Å². The van der Waals surface area contributed by atoms with E-state index in [9.17, 15) is 0 Å². The SMILES string of the molecule is Clc1nccc2c1CN(Cc1ccccc1)C2. The topological polar surface area (TPSA) is 16.1 Å². The molecule has 0 atom stereocenters. The fraction of sp³-hybridized carbons (Fsp3) is 0.214. The van der Waals surface area contributed by atoms with Gasteiger partial charge in [0.15, 0.2) is 0 Å². The lowest BCUT2D eigenvalue weighted by Crippen LogP contribution is -2.15. The highest BCUT2D eigenvalue weighted by Crippen LogP contribution is 2.28. The first-order chi connectivity index (χ1) is 8.33. The van der Waals surface area contributed by atoms with Crippen molar-refractivity contribution in [1.29, 1.82) is 0 Å². The van der Waals surface area contributed by atoms with Crippen LogP contribution in [-0.2, 0) is 19.6 Å². The van der Waals surface area contributed by atoms with E-state index in [1.54, 1.807) is 6.20 Å². The van der Waals surface area contributed by atoms with Crippen LogP contribution in [0.25, 0.3) is 0 Å². The Hall–Kier alpha value is -1.38. The number of aromatic nitrogens is 1. The summed E-state index contributed by atoms with van der Waals surface area (Å²) in [5.41, 5.74) is 3.83. The zero-order chi connectivity index (χ0) is 11.7. The number of nitrogens with zero attached hydrogens (tertiary/aromatic N) is 2. The van der Waals surface area contributed by atoms with E-state index < -0.39 is 0 Å².